The van der Waals surface area contributed by atoms with Gasteiger partial charge in [0.1, 0.15) is 0 Å². The van der Waals surface area contributed by atoms with Gasteiger partial charge in [0.05, 0.1) is 17.8 Å². The molecule has 2 N–H and O–H groups in total. The van der Waals surface area contributed by atoms with Crippen LogP contribution in [0.1, 0.15) is 24.6 Å². The second-order valence-electron chi connectivity index (χ2n) is 5.46. The molecule has 96 valence electrons. The highest BCUT2D eigenvalue weighted by Crippen LogP contribution is 2.48. The number of hydrogen-bond donors (Lipinski definition) is 2. The van der Waals surface area contributed by atoms with E-state index in [0.29, 0.717) is 0 Å². The van der Waals surface area contributed by atoms with Crippen LogP contribution < -0.4 is 5.48 Å². The van der Waals surface area contributed by atoms with Crippen molar-refractivity contribution in [1.29, 1.82) is 0 Å². The normalized spacial score (nSPS) is 46.1. The van der Waals surface area contributed by atoms with Gasteiger partial charge in [-0.3, -0.25) is 14.7 Å². The number of rotatable bonds is 1. The van der Waals surface area contributed by atoms with Crippen molar-refractivity contribution < 1.29 is 9.94 Å². The minimum Gasteiger partial charge on any atom is -0.363 e. The molecule has 0 unspecified atom stereocenters. The van der Waals surface area contributed by atoms with Gasteiger partial charge >= 0.3 is 0 Å². The lowest BCUT2D eigenvalue weighted by molar-refractivity contribution is -0.285. The molecule has 18 heavy (non-hydrogen) atoms. The van der Waals surface area contributed by atoms with Gasteiger partial charge in [-0.1, -0.05) is 6.07 Å². The molecule has 5 heterocycles. The molecule has 1 aromatic rings. The standard InChI is InChI=1S/C13H17N3O2/c17-13-9-4-7-16(8-5-9)12(13)11(15-18-13)10-3-1-2-6-14-10/h1-3,6,9,11-12,15,17H,4-5,7-8H2/t11-,12+,13+/m0/s1. The van der Waals surface area contributed by atoms with E-state index in [1.807, 2.05) is 18.2 Å². The summed E-state index contributed by atoms with van der Waals surface area (Å²) in [5.41, 5.74) is 3.94. The molecule has 0 aliphatic carbocycles. The Labute approximate surface area is 106 Å². The van der Waals surface area contributed by atoms with Gasteiger partial charge in [0.2, 0.25) is 5.79 Å². The van der Waals surface area contributed by atoms with Crippen molar-refractivity contribution in [3.8, 4) is 0 Å². The van der Waals surface area contributed by atoms with Gasteiger partial charge in [-0.25, -0.2) is 0 Å². The summed E-state index contributed by atoms with van der Waals surface area (Å²) >= 11 is 0. The van der Waals surface area contributed by atoms with Crippen LogP contribution in [-0.2, 0) is 4.84 Å². The first kappa shape index (κ1) is 10.9. The SMILES string of the molecule is O[C@]12ON[C@@H](c3ccccn3)[C@H]1N1CCC2CC1. The second-order valence-corrected chi connectivity index (χ2v) is 5.46. The van der Waals surface area contributed by atoms with Crippen LogP contribution in [-0.4, -0.2) is 39.9 Å². The highest BCUT2D eigenvalue weighted by atomic mass is 16.8. The van der Waals surface area contributed by atoms with Gasteiger partial charge in [-0.2, -0.15) is 5.48 Å². The highest BCUT2D eigenvalue weighted by Gasteiger charge is 2.61. The molecule has 4 saturated heterocycles. The van der Waals surface area contributed by atoms with Crippen LogP contribution in [0, 0.1) is 5.92 Å². The fourth-order valence-corrected chi connectivity index (χ4v) is 3.69. The molecule has 1 aromatic heterocycles. The van der Waals surface area contributed by atoms with E-state index in [2.05, 4.69) is 15.4 Å². The summed E-state index contributed by atoms with van der Waals surface area (Å²) in [6, 6.07) is 5.80. The van der Waals surface area contributed by atoms with Crippen LogP contribution in [0.5, 0.6) is 0 Å². The number of piperidine rings is 3. The average Bonchev–Trinajstić information content (AvgIpc) is 2.81. The Morgan fingerprint density at radius 1 is 1.39 bits per heavy atom. The Morgan fingerprint density at radius 2 is 2.22 bits per heavy atom. The Bertz CT molecular complexity index is 447. The van der Waals surface area contributed by atoms with E-state index in [1.54, 1.807) is 6.20 Å². The number of nitrogens with zero attached hydrogens (tertiary/aromatic N) is 2. The maximum atomic E-state index is 10.8. The lowest BCUT2D eigenvalue weighted by Crippen LogP contribution is -2.65. The highest BCUT2D eigenvalue weighted by molar-refractivity contribution is 5.18. The van der Waals surface area contributed by atoms with E-state index in [4.69, 9.17) is 4.84 Å². The number of aromatic nitrogens is 1. The van der Waals surface area contributed by atoms with Crippen molar-refractivity contribution in [2.45, 2.75) is 30.7 Å². The number of nitrogens with one attached hydrogen (secondary N) is 1. The zero-order valence-corrected chi connectivity index (χ0v) is 10.1. The Balaban J connectivity index is 1.72. The molecule has 0 amide bonds. The molecule has 0 spiro atoms. The quantitative estimate of drug-likeness (QED) is 0.754. The number of hydroxylamine groups is 1. The first-order valence-corrected chi connectivity index (χ1v) is 6.60. The molecule has 3 atom stereocenters. The van der Waals surface area contributed by atoms with E-state index in [-0.39, 0.29) is 18.0 Å². The lowest BCUT2D eigenvalue weighted by atomic mass is 9.75. The zero-order chi connectivity index (χ0) is 12.2. The summed E-state index contributed by atoms with van der Waals surface area (Å²) in [6.45, 7) is 2.10. The third-order valence-corrected chi connectivity index (χ3v) is 4.60. The predicted molar refractivity (Wildman–Crippen MR) is 64.2 cm³/mol. The van der Waals surface area contributed by atoms with E-state index in [1.165, 1.54) is 0 Å². The number of fused-ring (bicyclic) bond motifs is 2. The Kier molecular flexibility index (Phi) is 2.26. The van der Waals surface area contributed by atoms with Gasteiger partial charge in [0.25, 0.3) is 0 Å². The summed E-state index contributed by atoms with van der Waals surface area (Å²) in [5, 5.41) is 10.8. The fourth-order valence-electron chi connectivity index (χ4n) is 3.69. The monoisotopic (exact) mass is 247 g/mol. The van der Waals surface area contributed by atoms with Gasteiger partial charge in [-0.15, -0.1) is 0 Å². The minimum absolute atomic E-state index is 0.0140. The van der Waals surface area contributed by atoms with Crippen molar-refractivity contribution in [2.24, 2.45) is 5.92 Å². The van der Waals surface area contributed by atoms with Gasteiger partial charge < -0.3 is 5.11 Å². The fraction of sp³-hybridized carbons (Fsp3) is 0.615. The first-order chi connectivity index (χ1) is 8.79. The molecule has 4 aliphatic rings. The van der Waals surface area contributed by atoms with Crippen LogP contribution in [0.4, 0.5) is 0 Å². The zero-order valence-electron chi connectivity index (χ0n) is 10.1. The van der Waals surface area contributed by atoms with Crippen LogP contribution >= 0.6 is 0 Å². The molecule has 4 fully saturated rings. The number of aliphatic hydroxyl groups is 1. The van der Waals surface area contributed by atoms with Gasteiger partial charge in [0.15, 0.2) is 0 Å². The summed E-state index contributed by atoms with van der Waals surface area (Å²) in [7, 11) is 0. The van der Waals surface area contributed by atoms with Crippen molar-refractivity contribution in [3.63, 3.8) is 0 Å². The Hall–Kier alpha value is -1.01. The van der Waals surface area contributed by atoms with Crippen molar-refractivity contribution in [2.75, 3.05) is 13.1 Å². The molecular formula is C13H17N3O2. The summed E-state index contributed by atoms with van der Waals surface area (Å²) in [5.74, 6) is -0.799. The smallest absolute Gasteiger partial charge is 0.205 e. The number of pyridine rings is 1. The molecule has 0 radical (unpaired) electrons. The number of hydrogen-bond acceptors (Lipinski definition) is 5. The van der Waals surface area contributed by atoms with E-state index < -0.39 is 5.79 Å². The average molecular weight is 247 g/mol. The van der Waals surface area contributed by atoms with Crippen molar-refractivity contribution >= 4 is 0 Å². The topological polar surface area (TPSA) is 57.6 Å². The van der Waals surface area contributed by atoms with Crippen molar-refractivity contribution in [1.82, 2.24) is 15.4 Å². The van der Waals surface area contributed by atoms with Crippen molar-refractivity contribution in [3.05, 3.63) is 30.1 Å². The molecule has 4 aliphatic heterocycles. The van der Waals surface area contributed by atoms with E-state index in [0.717, 1.165) is 31.6 Å². The largest absolute Gasteiger partial charge is 0.363 e. The molecule has 5 nitrogen and oxygen atoms in total. The van der Waals surface area contributed by atoms with Crippen LogP contribution in [0.3, 0.4) is 0 Å². The van der Waals surface area contributed by atoms with E-state index in [9.17, 15) is 5.11 Å². The predicted octanol–water partition coefficient (Wildman–Crippen LogP) is 0.440. The molecule has 2 bridgehead atoms. The van der Waals surface area contributed by atoms with E-state index >= 15 is 0 Å². The third-order valence-electron chi connectivity index (χ3n) is 4.60. The summed E-state index contributed by atoms with van der Waals surface area (Å²) < 4.78 is 0. The van der Waals surface area contributed by atoms with Gasteiger partial charge in [0, 0.05) is 12.1 Å². The molecule has 0 aromatic carbocycles. The molecule has 0 saturated carbocycles. The lowest BCUT2D eigenvalue weighted by Gasteiger charge is -2.51. The summed E-state index contributed by atoms with van der Waals surface area (Å²) in [4.78, 5) is 12.3. The van der Waals surface area contributed by atoms with Crippen LogP contribution in [0.15, 0.2) is 24.4 Å². The van der Waals surface area contributed by atoms with Crippen LogP contribution in [0.25, 0.3) is 0 Å². The third kappa shape index (κ3) is 1.33. The second kappa shape index (κ2) is 3.74. The molecule has 5 rings (SSSR count). The van der Waals surface area contributed by atoms with Gasteiger partial charge in [-0.05, 0) is 38.1 Å². The van der Waals surface area contributed by atoms with Crippen LogP contribution in [0.2, 0.25) is 0 Å². The maximum absolute atomic E-state index is 10.8. The molecular weight excluding hydrogens is 230 g/mol. The summed E-state index contributed by atoms with van der Waals surface area (Å²) in [6.07, 6.45) is 3.82. The molecule has 5 heteroatoms. The minimum atomic E-state index is -1.04. The first-order valence-electron chi connectivity index (χ1n) is 6.60. The maximum Gasteiger partial charge on any atom is 0.205 e. The Morgan fingerprint density at radius 3 is 2.94 bits per heavy atom.